The first kappa shape index (κ1) is 17.8. The van der Waals surface area contributed by atoms with Crippen LogP contribution in [0.2, 0.25) is 0 Å². The van der Waals surface area contributed by atoms with Gasteiger partial charge in [-0.05, 0) is 51.8 Å². The number of likely N-dealkylation sites (N-methyl/N-ethyl adjacent to an activating group) is 1. The fourth-order valence-corrected chi connectivity index (χ4v) is 2.33. The van der Waals surface area contributed by atoms with E-state index in [0.29, 0.717) is 18.1 Å². The zero-order valence-corrected chi connectivity index (χ0v) is 14.8. The number of nitrogens with two attached hydrogens (primary N) is 1. The van der Waals surface area contributed by atoms with Crippen LogP contribution in [0.4, 0.5) is 5.82 Å². The van der Waals surface area contributed by atoms with E-state index in [1.807, 2.05) is 46.9 Å². The van der Waals surface area contributed by atoms with Gasteiger partial charge in [0.15, 0.2) is 11.6 Å². The summed E-state index contributed by atoms with van der Waals surface area (Å²) in [5, 5.41) is 3.15. The van der Waals surface area contributed by atoms with Crippen molar-refractivity contribution in [3.8, 4) is 5.75 Å². The number of nitrogens with one attached hydrogen (secondary N) is 1. The minimum absolute atomic E-state index is 0.371. The second kappa shape index (κ2) is 6.51. The summed E-state index contributed by atoms with van der Waals surface area (Å²) in [6.45, 7) is 8.80. The Morgan fingerprint density at radius 2 is 1.96 bits per heavy atom. The predicted octanol–water partition coefficient (Wildman–Crippen LogP) is 1.91. The number of hydrogen-bond donors (Lipinski definition) is 2. The first-order valence-electron chi connectivity index (χ1n) is 7.70. The van der Waals surface area contributed by atoms with Crippen molar-refractivity contribution >= 4 is 19.0 Å². The topological polar surface area (TPSA) is 78.6 Å². The van der Waals surface area contributed by atoms with Crippen LogP contribution in [0.3, 0.4) is 0 Å². The number of nitrogen functional groups attached to an aromatic ring is 1. The highest BCUT2D eigenvalue weighted by Gasteiger charge is 2.52. The minimum Gasteiger partial charge on any atom is -0.493 e. The summed E-state index contributed by atoms with van der Waals surface area (Å²) in [5.74, 6) is 0.923. The van der Waals surface area contributed by atoms with Crippen LogP contribution >= 0.6 is 0 Å². The maximum Gasteiger partial charge on any atom is 0.491 e. The van der Waals surface area contributed by atoms with Gasteiger partial charge in [-0.25, -0.2) is 4.98 Å². The van der Waals surface area contributed by atoms with Crippen molar-refractivity contribution in [1.82, 2.24) is 10.3 Å². The number of anilines is 1. The predicted molar refractivity (Wildman–Crippen MR) is 93.2 cm³/mol. The van der Waals surface area contributed by atoms with Gasteiger partial charge in [0.25, 0.3) is 0 Å². The van der Waals surface area contributed by atoms with Gasteiger partial charge in [-0.1, -0.05) is 6.08 Å². The van der Waals surface area contributed by atoms with Crippen molar-refractivity contribution in [2.75, 3.05) is 26.4 Å². The van der Waals surface area contributed by atoms with Crippen molar-refractivity contribution < 1.29 is 14.0 Å². The molecule has 1 aliphatic heterocycles. The molecule has 0 spiro atoms. The highest BCUT2D eigenvalue weighted by molar-refractivity contribution is 6.55. The van der Waals surface area contributed by atoms with Crippen LogP contribution in [0.25, 0.3) is 6.08 Å². The molecule has 1 aromatic heterocycles. The van der Waals surface area contributed by atoms with Crippen molar-refractivity contribution in [3.05, 3.63) is 23.3 Å². The number of hydrogen-bond acceptors (Lipinski definition) is 6. The van der Waals surface area contributed by atoms with E-state index in [0.717, 1.165) is 11.0 Å². The van der Waals surface area contributed by atoms with Crippen LogP contribution in [0.15, 0.2) is 17.7 Å². The van der Waals surface area contributed by atoms with E-state index in [4.69, 9.17) is 19.8 Å². The van der Waals surface area contributed by atoms with E-state index in [1.165, 1.54) is 0 Å². The zero-order valence-electron chi connectivity index (χ0n) is 14.8. The van der Waals surface area contributed by atoms with Gasteiger partial charge in [-0.15, -0.1) is 0 Å². The number of ether oxygens (including phenoxy) is 1. The molecule has 2 heterocycles. The molecule has 7 heteroatoms. The van der Waals surface area contributed by atoms with Gasteiger partial charge in [0.2, 0.25) is 0 Å². The highest BCUT2D eigenvalue weighted by atomic mass is 16.7. The summed E-state index contributed by atoms with van der Waals surface area (Å²) in [6, 6.07) is 1.85. The van der Waals surface area contributed by atoms with Crippen LogP contribution in [0.1, 0.15) is 33.3 Å². The minimum atomic E-state index is -0.406. The molecule has 1 aliphatic rings. The summed E-state index contributed by atoms with van der Waals surface area (Å²) in [6.07, 6.45) is 3.70. The number of rotatable bonds is 5. The molecule has 1 fully saturated rings. The largest absolute Gasteiger partial charge is 0.493 e. The smallest absolute Gasteiger partial charge is 0.491 e. The van der Waals surface area contributed by atoms with E-state index in [1.54, 1.807) is 13.3 Å². The molecular weight excluding hydrogens is 293 g/mol. The Morgan fingerprint density at radius 1 is 1.35 bits per heavy atom. The van der Waals surface area contributed by atoms with Gasteiger partial charge in [-0.3, -0.25) is 0 Å². The summed E-state index contributed by atoms with van der Waals surface area (Å²) >= 11 is 0. The monoisotopic (exact) mass is 319 g/mol. The molecule has 6 nitrogen and oxygen atoms in total. The molecule has 3 N–H and O–H groups in total. The molecule has 0 unspecified atom stereocenters. The number of nitrogens with zero attached hydrogens (tertiary/aromatic N) is 1. The maximum atomic E-state index is 6.12. The van der Waals surface area contributed by atoms with Gasteiger partial charge >= 0.3 is 7.12 Å². The molecule has 1 aromatic rings. The Kier molecular flexibility index (Phi) is 5.03. The lowest BCUT2D eigenvalue weighted by molar-refractivity contribution is 0.00578. The molecule has 0 atom stereocenters. The Balaban J connectivity index is 2.32. The van der Waals surface area contributed by atoms with E-state index in [9.17, 15) is 0 Å². The number of aromatic nitrogens is 1. The fourth-order valence-electron chi connectivity index (χ4n) is 2.33. The van der Waals surface area contributed by atoms with Crippen LogP contribution < -0.4 is 15.8 Å². The van der Waals surface area contributed by atoms with E-state index in [-0.39, 0.29) is 11.2 Å². The van der Waals surface area contributed by atoms with Gasteiger partial charge < -0.3 is 25.1 Å². The molecule has 126 valence electrons. The fraction of sp³-hybridized carbons (Fsp3) is 0.562. The molecule has 0 radical (unpaired) electrons. The molecular formula is C16H26BN3O3. The average molecular weight is 319 g/mol. The van der Waals surface area contributed by atoms with Crippen molar-refractivity contribution in [2.45, 2.75) is 38.9 Å². The second-order valence-corrected chi connectivity index (χ2v) is 6.69. The van der Waals surface area contributed by atoms with Crippen LogP contribution in [0, 0.1) is 0 Å². The van der Waals surface area contributed by atoms with Crippen LogP contribution in [0.5, 0.6) is 5.75 Å². The second-order valence-electron chi connectivity index (χ2n) is 6.69. The van der Waals surface area contributed by atoms with Crippen molar-refractivity contribution in [1.29, 1.82) is 0 Å². The highest BCUT2D eigenvalue weighted by Crippen LogP contribution is 2.38. The SMILES string of the molecule is CNCC(=Cc1cnc(N)c(OC)c1)B1OC(C)(C)C(C)(C)O1. The van der Waals surface area contributed by atoms with Crippen molar-refractivity contribution in [2.24, 2.45) is 0 Å². The van der Waals surface area contributed by atoms with Crippen LogP contribution in [-0.2, 0) is 9.31 Å². The van der Waals surface area contributed by atoms with Gasteiger partial charge in [0, 0.05) is 12.7 Å². The van der Waals surface area contributed by atoms with Gasteiger partial charge in [0.1, 0.15) is 0 Å². The Morgan fingerprint density at radius 3 is 2.48 bits per heavy atom. The molecule has 23 heavy (non-hydrogen) atoms. The molecule has 0 amide bonds. The Hall–Kier alpha value is -1.57. The summed E-state index contributed by atoms with van der Waals surface area (Å²) < 4.78 is 17.5. The first-order valence-corrected chi connectivity index (χ1v) is 7.70. The van der Waals surface area contributed by atoms with Crippen molar-refractivity contribution in [3.63, 3.8) is 0 Å². The normalized spacial score (nSPS) is 19.9. The van der Waals surface area contributed by atoms with Gasteiger partial charge in [0.05, 0.1) is 18.3 Å². The Bertz CT molecular complexity index is 586. The lowest BCUT2D eigenvalue weighted by atomic mass is 9.77. The quantitative estimate of drug-likeness (QED) is 0.807. The summed E-state index contributed by atoms with van der Waals surface area (Å²) in [4.78, 5) is 4.15. The lowest BCUT2D eigenvalue weighted by Crippen LogP contribution is -2.41. The van der Waals surface area contributed by atoms with E-state index in [2.05, 4.69) is 10.3 Å². The third-order valence-corrected chi connectivity index (χ3v) is 4.41. The molecule has 2 rings (SSSR count). The average Bonchev–Trinajstić information content (AvgIpc) is 2.69. The molecule has 0 saturated carbocycles. The molecule has 0 aromatic carbocycles. The van der Waals surface area contributed by atoms with E-state index < -0.39 is 7.12 Å². The first-order chi connectivity index (χ1) is 10.7. The standard InChI is InChI=1S/C16H26BN3O3/c1-15(2)16(3,4)23-17(22-15)12(10-19-5)7-11-8-13(21-6)14(18)20-9-11/h7-9,19H,10H2,1-6H3,(H2,18,20). The zero-order chi connectivity index (χ0) is 17.3. The molecule has 1 saturated heterocycles. The molecule has 0 bridgehead atoms. The maximum absolute atomic E-state index is 6.12. The third kappa shape index (κ3) is 3.68. The molecule has 0 aliphatic carbocycles. The summed E-state index contributed by atoms with van der Waals surface area (Å²) in [7, 11) is 3.06. The Labute approximate surface area is 138 Å². The van der Waals surface area contributed by atoms with Crippen LogP contribution in [-0.4, -0.2) is 44.0 Å². The van der Waals surface area contributed by atoms with Gasteiger partial charge in [-0.2, -0.15) is 0 Å². The van der Waals surface area contributed by atoms with E-state index >= 15 is 0 Å². The third-order valence-electron chi connectivity index (χ3n) is 4.41. The number of pyridine rings is 1. The summed E-state index contributed by atoms with van der Waals surface area (Å²) in [5.41, 5.74) is 6.89. The number of methoxy groups -OCH3 is 1. The lowest BCUT2D eigenvalue weighted by Gasteiger charge is -2.32.